The number of methoxy groups -OCH3 is 1. The second-order valence-electron chi connectivity index (χ2n) is 5.08. The predicted octanol–water partition coefficient (Wildman–Crippen LogP) is 1.90. The van der Waals surface area contributed by atoms with Gasteiger partial charge < -0.3 is 19.7 Å². The Kier molecular flexibility index (Phi) is 5.30. The Bertz CT molecular complexity index is 625. The highest BCUT2D eigenvalue weighted by Gasteiger charge is 2.19. The fourth-order valence-electron chi connectivity index (χ4n) is 2.26. The van der Waals surface area contributed by atoms with Gasteiger partial charge in [0.05, 0.1) is 18.3 Å². The minimum absolute atomic E-state index is 0.162. The summed E-state index contributed by atoms with van der Waals surface area (Å²) >= 11 is 0. The van der Waals surface area contributed by atoms with E-state index in [2.05, 4.69) is 4.98 Å². The number of likely N-dealkylation sites (N-methyl/N-ethyl adjacent to an activating group) is 1. The summed E-state index contributed by atoms with van der Waals surface area (Å²) in [5.41, 5.74) is 1.91. The first kappa shape index (κ1) is 16.2. The third kappa shape index (κ3) is 3.72. The Morgan fingerprint density at radius 3 is 2.68 bits per heavy atom. The van der Waals surface area contributed by atoms with Gasteiger partial charge in [-0.3, -0.25) is 4.79 Å². The number of amides is 1. The standard InChI is InChI=1S/C16H19FN2O3/c1-19(9-13(20)10-22-2)16(21)15-8-18-7-14(15)11-3-5-12(17)6-4-11/h3-8,13,18,20H,9-10H2,1-2H3. The molecule has 2 aromatic rings. The lowest BCUT2D eigenvalue weighted by atomic mass is 10.0. The third-order valence-corrected chi connectivity index (χ3v) is 3.32. The van der Waals surface area contributed by atoms with Crippen LogP contribution in [0.2, 0.25) is 0 Å². The fraction of sp³-hybridized carbons (Fsp3) is 0.312. The van der Waals surface area contributed by atoms with Crippen molar-refractivity contribution in [3.63, 3.8) is 0 Å². The zero-order valence-electron chi connectivity index (χ0n) is 12.5. The molecule has 22 heavy (non-hydrogen) atoms. The lowest BCUT2D eigenvalue weighted by Gasteiger charge is -2.20. The van der Waals surface area contributed by atoms with Crippen molar-refractivity contribution in [2.75, 3.05) is 27.3 Å². The van der Waals surface area contributed by atoms with Crippen molar-refractivity contribution < 1.29 is 19.0 Å². The zero-order chi connectivity index (χ0) is 16.1. The molecule has 0 fully saturated rings. The molecule has 5 nitrogen and oxygen atoms in total. The highest BCUT2D eigenvalue weighted by molar-refractivity contribution is 6.00. The van der Waals surface area contributed by atoms with E-state index in [4.69, 9.17) is 4.74 Å². The molecule has 2 rings (SSSR count). The molecule has 0 aliphatic rings. The largest absolute Gasteiger partial charge is 0.389 e. The van der Waals surface area contributed by atoms with E-state index in [1.807, 2.05) is 0 Å². The molecular formula is C16H19FN2O3. The smallest absolute Gasteiger partial charge is 0.255 e. The Morgan fingerprint density at radius 2 is 2.05 bits per heavy atom. The van der Waals surface area contributed by atoms with Gasteiger partial charge in [0.25, 0.3) is 5.91 Å². The molecule has 0 radical (unpaired) electrons. The summed E-state index contributed by atoms with van der Waals surface area (Å²) in [4.78, 5) is 16.8. The average molecular weight is 306 g/mol. The molecule has 2 N–H and O–H groups in total. The van der Waals surface area contributed by atoms with E-state index in [9.17, 15) is 14.3 Å². The topological polar surface area (TPSA) is 65.6 Å². The normalized spacial score (nSPS) is 12.2. The van der Waals surface area contributed by atoms with Crippen LogP contribution < -0.4 is 0 Å². The van der Waals surface area contributed by atoms with Crippen LogP contribution in [0.25, 0.3) is 11.1 Å². The lowest BCUT2D eigenvalue weighted by Crippen LogP contribution is -2.36. The molecule has 1 aromatic carbocycles. The zero-order valence-corrected chi connectivity index (χ0v) is 12.5. The van der Waals surface area contributed by atoms with E-state index >= 15 is 0 Å². The van der Waals surface area contributed by atoms with Crippen LogP contribution in [0.5, 0.6) is 0 Å². The molecule has 6 heteroatoms. The van der Waals surface area contributed by atoms with Crippen LogP contribution in [-0.2, 0) is 4.74 Å². The number of H-pyrrole nitrogens is 1. The van der Waals surface area contributed by atoms with Gasteiger partial charge in [-0.05, 0) is 17.7 Å². The van der Waals surface area contributed by atoms with E-state index in [1.54, 1.807) is 31.6 Å². The number of carbonyl (C=O) groups is 1. The van der Waals surface area contributed by atoms with Crippen molar-refractivity contribution in [2.45, 2.75) is 6.10 Å². The molecule has 0 saturated carbocycles. The van der Waals surface area contributed by atoms with Gasteiger partial charge in [0, 0.05) is 38.7 Å². The van der Waals surface area contributed by atoms with E-state index in [0.717, 1.165) is 5.56 Å². The van der Waals surface area contributed by atoms with Gasteiger partial charge in [-0.2, -0.15) is 0 Å². The van der Waals surface area contributed by atoms with Gasteiger partial charge in [-0.15, -0.1) is 0 Å². The van der Waals surface area contributed by atoms with Crippen LogP contribution in [0.4, 0.5) is 4.39 Å². The van der Waals surface area contributed by atoms with Gasteiger partial charge in [0.15, 0.2) is 0 Å². The van der Waals surface area contributed by atoms with Crippen molar-refractivity contribution in [3.8, 4) is 11.1 Å². The van der Waals surface area contributed by atoms with Gasteiger partial charge >= 0.3 is 0 Å². The average Bonchev–Trinajstić information content (AvgIpc) is 2.96. The lowest BCUT2D eigenvalue weighted by molar-refractivity contribution is 0.0380. The molecule has 0 spiro atoms. The third-order valence-electron chi connectivity index (χ3n) is 3.32. The Balaban J connectivity index is 2.17. The minimum Gasteiger partial charge on any atom is -0.389 e. The molecular weight excluding hydrogens is 287 g/mol. The number of aliphatic hydroxyl groups is 1. The first-order valence-corrected chi connectivity index (χ1v) is 6.88. The van der Waals surface area contributed by atoms with Crippen LogP contribution in [0.1, 0.15) is 10.4 Å². The maximum atomic E-state index is 13.0. The number of nitrogens with zero attached hydrogens (tertiary/aromatic N) is 1. The van der Waals surface area contributed by atoms with Crippen molar-refractivity contribution in [1.82, 2.24) is 9.88 Å². The highest BCUT2D eigenvalue weighted by atomic mass is 19.1. The number of benzene rings is 1. The highest BCUT2D eigenvalue weighted by Crippen LogP contribution is 2.24. The molecule has 1 aromatic heterocycles. The number of halogens is 1. The predicted molar refractivity (Wildman–Crippen MR) is 81.0 cm³/mol. The van der Waals surface area contributed by atoms with E-state index in [0.29, 0.717) is 11.1 Å². The van der Waals surface area contributed by atoms with Crippen molar-refractivity contribution in [1.29, 1.82) is 0 Å². The number of aromatic nitrogens is 1. The second kappa shape index (κ2) is 7.20. The molecule has 1 atom stereocenters. The Labute approximate surface area is 128 Å². The first-order valence-electron chi connectivity index (χ1n) is 6.88. The van der Waals surface area contributed by atoms with Gasteiger partial charge in [0.1, 0.15) is 5.82 Å². The van der Waals surface area contributed by atoms with Crippen molar-refractivity contribution in [2.24, 2.45) is 0 Å². The number of hydrogen-bond acceptors (Lipinski definition) is 3. The number of aliphatic hydroxyl groups excluding tert-OH is 1. The van der Waals surface area contributed by atoms with Crippen LogP contribution in [-0.4, -0.2) is 54.3 Å². The molecule has 118 valence electrons. The molecule has 0 saturated heterocycles. The summed E-state index contributed by atoms with van der Waals surface area (Å²) < 4.78 is 17.9. The molecule has 0 aliphatic carbocycles. The summed E-state index contributed by atoms with van der Waals surface area (Å²) in [7, 11) is 3.10. The number of aromatic amines is 1. The molecule has 0 aliphatic heterocycles. The number of rotatable bonds is 6. The van der Waals surface area contributed by atoms with Gasteiger partial charge in [0.2, 0.25) is 0 Å². The summed E-state index contributed by atoms with van der Waals surface area (Å²) in [6, 6.07) is 5.94. The summed E-state index contributed by atoms with van der Waals surface area (Å²) in [6.07, 6.45) is 2.55. The summed E-state index contributed by atoms with van der Waals surface area (Å²) in [6.45, 7) is 0.330. The maximum absolute atomic E-state index is 13.0. The van der Waals surface area contributed by atoms with Crippen LogP contribution >= 0.6 is 0 Å². The van der Waals surface area contributed by atoms with Crippen molar-refractivity contribution in [3.05, 3.63) is 48.0 Å². The monoisotopic (exact) mass is 306 g/mol. The number of carbonyl (C=O) groups excluding carboxylic acids is 1. The second-order valence-corrected chi connectivity index (χ2v) is 5.08. The van der Waals surface area contributed by atoms with Gasteiger partial charge in [-0.1, -0.05) is 12.1 Å². The van der Waals surface area contributed by atoms with E-state index in [-0.39, 0.29) is 24.9 Å². The SMILES string of the molecule is COCC(O)CN(C)C(=O)c1c[nH]cc1-c1ccc(F)cc1. The number of nitrogens with one attached hydrogen (secondary N) is 1. The van der Waals surface area contributed by atoms with Gasteiger partial charge in [-0.25, -0.2) is 4.39 Å². The number of hydrogen-bond donors (Lipinski definition) is 2. The van der Waals surface area contributed by atoms with E-state index < -0.39 is 6.10 Å². The van der Waals surface area contributed by atoms with Crippen LogP contribution in [0, 0.1) is 5.82 Å². The first-order chi connectivity index (χ1) is 10.5. The molecule has 1 amide bonds. The number of ether oxygens (including phenoxy) is 1. The molecule has 1 heterocycles. The Morgan fingerprint density at radius 1 is 1.36 bits per heavy atom. The van der Waals surface area contributed by atoms with Crippen LogP contribution in [0.15, 0.2) is 36.7 Å². The minimum atomic E-state index is -0.743. The molecule has 0 bridgehead atoms. The summed E-state index contributed by atoms with van der Waals surface area (Å²) in [5.74, 6) is -0.553. The van der Waals surface area contributed by atoms with Crippen molar-refractivity contribution >= 4 is 5.91 Å². The van der Waals surface area contributed by atoms with Crippen LogP contribution in [0.3, 0.4) is 0 Å². The summed E-state index contributed by atoms with van der Waals surface area (Å²) in [5, 5.41) is 9.71. The fourth-order valence-corrected chi connectivity index (χ4v) is 2.26. The van der Waals surface area contributed by atoms with E-state index in [1.165, 1.54) is 24.1 Å². The molecule has 1 unspecified atom stereocenters. The quantitative estimate of drug-likeness (QED) is 0.856. The maximum Gasteiger partial charge on any atom is 0.255 e. The Hall–Kier alpha value is -2.18.